The first-order chi connectivity index (χ1) is 4.86. The first-order valence-electron chi connectivity index (χ1n) is 2.87. The van der Waals surface area contributed by atoms with Crippen LogP contribution < -0.4 is 0 Å². The predicted molar refractivity (Wildman–Crippen MR) is 39.9 cm³/mol. The lowest BCUT2D eigenvalue weighted by Gasteiger charge is -1.86. The van der Waals surface area contributed by atoms with Crippen LogP contribution in [0.5, 0.6) is 0 Å². The van der Waals surface area contributed by atoms with Crippen LogP contribution in [0, 0.1) is 6.07 Å². The molecule has 2 aromatic heterocycles. The maximum atomic E-state index is 5.64. The van der Waals surface area contributed by atoms with Crippen molar-refractivity contribution in [3.8, 4) is 0 Å². The van der Waals surface area contributed by atoms with Gasteiger partial charge < -0.3 is 4.98 Å². The number of pyridine rings is 1. The summed E-state index contributed by atoms with van der Waals surface area (Å²) < 4.78 is 0. The summed E-state index contributed by atoms with van der Waals surface area (Å²) in [6.45, 7) is 0. The Balaban J connectivity index is 2.86. The molecule has 0 aliphatic heterocycles. The monoisotopic (exact) mass is 151 g/mol. The Morgan fingerprint density at radius 2 is 2.50 bits per heavy atom. The lowest BCUT2D eigenvalue weighted by atomic mass is 10.3. The van der Waals surface area contributed by atoms with Gasteiger partial charge in [0.15, 0.2) is 0 Å². The summed E-state index contributed by atoms with van der Waals surface area (Å²) >= 11 is 5.64. The Hall–Kier alpha value is -1.02. The SMILES string of the molecule is Clc1[c]c2cc[nH]c2nc1. The third kappa shape index (κ3) is 0.772. The lowest BCUT2D eigenvalue weighted by Crippen LogP contribution is -1.74. The quantitative estimate of drug-likeness (QED) is 0.613. The molecule has 0 atom stereocenters. The van der Waals surface area contributed by atoms with Crippen LogP contribution in [-0.4, -0.2) is 9.97 Å². The zero-order chi connectivity index (χ0) is 6.97. The molecular weight excluding hydrogens is 148 g/mol. The molecule has 0 saturated heterocycles. The number of fused-ring (bicyclic) bond motifs is 1. The molecule has 0 amide bonds. The van der Waals surface area contributed by atoms with E-state index in [0.717, 1.165) is 11.0 Å². The molecule has 0 fully saturated rings. The van der Waals surface area contributed by atoms with E-state index in [1.165, 1.54) is 0 Å². The van der Waals surface area contributed by atoms with Crippen LogP contribution in [0.3, 0.4) is 0 Å². The van der Waals surface area contributed by atoms with Crippen molar-refractivity contribution in [1.82, 2.24) is 9.97 Å². The third-order valence-electron chi connectivity index (χ3n) is 1.29. The molecule has 49 valence electrons. The minimum Gasteiger partial charge on any atom is -0.346 e. The van der Waals surface area contributed by atoms with E-state index < -0.39 is 0 Å². The second kappa shape index (κ2) is 1.99. The average Bonchev–Trinajstić information content (AvgIpc) is 2.33. The standard InChI is InChI=1S/C7H4ClN2/c8-6-3-5-1-2-9-7(5)10-4-6/h1-2,4H,(H,9,10). The van der Waals surface area contributed by atoms with Crippen molar-refractivity contribution in [2.45, 2.75) is 0 Å². The van der Waals surface area contributed by atoms with Crippen LogP contribution >= 0.6 is 11.6 Å². The summed E-state index contributed by atoms with van der Waals surface area (Å²) in [6, 6.07) is 4.82. The Kier molecular flexibility index (Phi) is 1.14. The van der Waals surface area contributed by atoms with Crippen LogP contribution in [0.2, 0.25) is 5.02 Å². The van der Waals surface area contributed by atoms with Gasteiger partial charge in [0.2, 0.25) is 0 Å². The van der Waals surface area contributed by atoms with E-state index in [4.69, 9.17) is 11.6 Å². The second-order valence-corrected chi connectivity index (χ2v) is 2.38. The zero-order valence-electron chi connectivity index (χ0n) is 5.06. The molecule has 1 radical (unpaired) electrons. The molecule has 3 heteroatoms. The van der Waals surface area contributed by atoms with Crippen LogP contribution in [0.25, 0.3) is 11.0 Å². The van der Waals surface area contributed by atoms with Crippen molar-refractivity contribution in [3.05, 3.63) is 29.5 Å². The number of halogens is 1. The van der Waals surface area contributed by atoms with Gasteiger partial charge in [-0.3, -0.25) is 0 Å². The molecule has 2 nitrogen and oxygen atoms in total. The molecule has 0 unspecified atom stereocenters. The van der Waals surface area contributed by atoms with Crippen LogP contribution in [0.4, 0.5) is 0 Å². The predicted octanol–water partition coefficient (Wildman–Crippen LogP) is 2.02. The number of nitrogens with zero attached hydrogens (tertiary/aromatic N) is 1. The van der Waals surface area contributed by atoms with E-state index in [9.17, 15) is 0 Å². The number of hydrogen-bond acceptors (Lipinski definition) is 1. The van der Waals surface area contributed by atoms with E-state index in [0.29, 0.717) is 5.02 Å². The fourth-order valence-electron chi connectivity index (χ4n) is 0.850. The average molecular weight is 152 g/mol. The molecular formula is C7H4ClN2. The van der Waals surface area contributed by atoms with Gasteiger partial charge >= 0.3 is 0 Å². The summed E-state index contributed by atoms with van der Waals surface area (Å²) in [4.78, 5) is 6.97. The van der Waals surface area contributed by atoms with Crippen molar-refractivity contribution in [1.29, 1.82) is 0 Å². The summed E-state index contributed by atoms with van der Waals surface area (Å²) in [6.07, 6.45) is 3.38. The number of aromatic nitrogens is 2. The van der Waals surface area contributed by atoms with Gasteiger partial charge in [-0.05, 0) is 6.07 Å². The summed E-state index contributed by atoms with van der Waals surface area (Å²) in [5, 5.41) is 1.47. The Morgan fingerprint density at radius 1 is 1.60 bits per heavy atom. The lowest BCUT2D eigenvalue weighted by molar-refractivity contribution is 1.32. The topological polar surface area (TPSA) is 28.7 Å². The van der Waals surface area contributed by atoms with Gasteiger partial charge in [0.25, 0.3) is 0 Å². The van der Waals surface area contributed by atoms with Crippen molar-refractivity contribution < 1.29 is 0 Å². The van der Waals surface area contributed by atoms with E-state index in [1.54, 1.807) is 6.20 Å². The zero-order valence-corrected chi connectivity index (χ0v) is 5.81. The van der Waals surface area contributed by atoms with Crippen LogP contribution in [-0.2, 0) is 0 Å². The van der Waals surface area contributed by atoms with Gasteiger partial charge in [-0.25, -0.2) is 4.98 Å². The van der Waals surface area contributed by atoms with E-state index in [-0.39, 0.29) is 0 Å². The Labute approximate surface area is 62.8 Å². The molecule has 2 rings (SSSR count). The largest absolute Gasteiger partial charge is 0.346 e. The van der Waals surface area contributed by atoms with E-state index >= 15 is 0 Å². The maximum absolute atomic E-state index is 5.64. The minimum absolute atomic E-state index is 0.548. The maximum Gasteiger partial charge on any atom is 0.137 e. The molecule has 2 aromatic rings. The summed E-state index contributed by atoms with van der Waals surface area (Å²) in [7, 11) is 0. The fourth-order valence-corrected chi connectivity index (χ4v) is 1.00. The molecule has 0 aromatic carbocycles. The van der Waals surface area contributed by atoms with Gasteiger partial charge in [-0.2, -0.15) is 0 Å². The highest BCUT2D eigenvalue weighted by Crippen LogP contribution is 2.13. The molecule has 0 saturated carbocycles. The van der Waals surface area contributed by atoms with Crippen LogP contribution in [0.15, 0.2) is 18.5 Å². The fraction of sp³-hybridized carbons (Fsp3) is 0. The molecule has 1 N–H and O–H groups in total. The first-order valence-corrected chi connectivity index (χ1v) is 3.25. The third-order valence-corrected chi connectivity index (χ3v) is 1.48. The summed E-state index contributed by atoms with van der Waals surface area (Å²) in [5.74, 6) is 0. The highest BCUT2D eigenvalue weighted by Gasteiger charge is 1.94. The Bertz CT molecular complexity index is 353. The van der Waals surface area contributed by atoms with Crippen molar-refractivity contribution in [2.24, 2.45) is 0 Å². The molecule has 10 heavy (non-hydrogen) atoms. The minimum atomic E-state index is 0.548. The number of nitrogens with one attached hydrogen (secondary N) is 1. The molecule has 0 bridgehead atoms. The van der Waals surface area contributed by atoms with Crippen LogP contribution in [0.1, 0.15) is 0 Å². The van der Waals surface area contributed by atoms with E-state index in [1.807, 2.05) is 12.3 Å². The molecule has 0 aliphatic rings. The van der Waals surface area contributed by atoms with Gasteiger partial charge in [0.1, 0.15) is 5.65 Å². The molecule has 0 aliphatic carbocycles. The molecule has 0 spiro atoms. The van der Waals surface area contributed by atoms with Crippen molar-refractivity contribution in [3.63, 3.8) is 0 Å². The number of aromatic amines is 1. The van der Waals surface area contributed by atoms with E-state index in [2.05, 4.69) is 16.0 Å². The number of H-pyrrole nitrogens is 1. The van der Waals surface area contributed by atoms with Gasteiger partial charge in [-0.1, -0.05) is 11.6 Å². The van der Waals surface area contributed by atoms with Gasteiger partial charge in [0, 0.05) is 23.8 Å². The first kappa shape index (κ1) is 5.74. The smallest absolute Gasteiger partial charge is 0.137 e. The normalized spacial score (nSPS) is 10.5. The van der Waals surface area contributed by atoms with Crippen molar-refractivity contribution in [2.75, 3.05) is 0 Å². The molecule has 2 heterocycles. The Morgan fingerprint density at radius 3 is 3.40 bits per heavy atom. The van der Waals surface area contributed by atoms with Gasteiger partial charge in [-0.15, -0.1) is 0 Å². The number of rotatable bonds is 0. The van der Waals surface area contributed by atoms with Crippen molar-refractivity contribution >= 4 is 22.6 Å². The highest BCUT2D eigenvalue weighted by molar-refractivity contribution is 6.30. The second-order valence-electron chi connectivity index (χ2n) is 1.97. The summed E-state index contributed by atoms with van der Waals surface area (Å²) in [5.41, 5.74) is 0.824. The number of hydrogen-bond donors (Lipinski definition) is 1. The van der Waals surface area contributed by atoms with Gasteiger partial charge in [0.05, 0.1) is 5.02 Å². The highest BCUT2D eigenvalue weighted by atomic mass is 35.5.